The fraction of sp³-hybridized carbons (Fsp3) is 0.333. The van der Waals surface area contributed by atoms with Crippen LogP contribution in [-0.4, -0.2) is 27.4 Å². The Morgan fingerprint density at radius 3 is 2.04 bits per heavy atom. The predicted octanol–water partition coefficient (Wildman–Crippen LogP) is 3.52. The average molecular weight is 317 g/mol. The maximum atomic E-state index is 5.90. The van der Waals surface area contributed by atoms with Gasteiger partial charge in [0.05, 0.1) is 33.1 Å². The van der Waals surface area contributed by atoms with E-state index in [0.717, 1.165) is 30.1 Å². The number of nitrogens with two attached hydrogens (primary N) is 1. The monoisotopic (exact) mass is 317 g/mol. The molecule has 2 N–H and O–H groups in total. The highest BCUT2D eigenvalue weighted by molar-refractivity contribution is 5.56. The number of hydrogen-bond acceptors (Lipinski definition) is 5. The summed E-state index contributed by atoms with van der Waals surface area (Å²) in [7, 11) is 3.24. The molecule has 0 amide bonds. The van der Waals surface area contributed by atoms with Gasteiger partial charge < -0.3 is 24.7 Å². The summed E-state index contributed by atoms with van der Waals surface area (Å²) < 4.78 is 21.7. The van der Waals surface area contributed by atoms with Crippen LogP contribution in [-0.2, 0) is 0 Å². The SMILES string of the molecule is COc1ccc(OCCCCOc2ccccc2OC)c(N)c1. The molecule has 0 radical (unpaired) electrons. The third-order valence-electron chi connectivity index (χ3n) is 3.34. The number of para-hydroxylation sites is 2. The molecule has 0 saturated carbocycles. The van der Waals surface area contributed by atoms with Gasteiger partial charge in [0, 0.05) is 6.07 Å². The summed E-state index contributed by atoms with van der Waals surface area (Å²) in [6, 6.07) is 13.0. The highest BCUT2D eigenvalue weighted by Gasteiger charge is 2.04. The molecule has 0 aliphatic heterocycles. The fourth-order valence-electron chi connectivity index (χ4n) is 2.09. The average Bonchev–Trinajstić information content (AvgIpc) is 2.59. The van der Waals surface area contributed by atoms with Crippen molar-refractivity contribution in [1.29, 1.82) is 0 Å². The molecule has 0 spiro atoms. The molecule has 2 aromatic rings. The van der Waals surface area contributed by atoms with Crippen molar-refractivity contribution < 1.29 is 18.9 Å². The highest BCUT2D eigenvalue weighted by Crippen LogP contribution is 2.27. The molecular formula is C18H23NO4. The molecule has 0 aromatic heterocycles. The summed E-state index contributed by atoms with van der Waals surface area (Å²) >= 11 is 0. The van der Waals surface area contributed by atoms with Gasteiger partial charge in [0.2, 0.25) is 0 Å². The summed E-state index contributed by atoms with van der Waals surface area (Å²) in [5, 5.41) is 0. The molecule has 0 unspecified atom stereocenters. The van der Waals surface area contributed by atoms with Crippen LogP contribution in [0.4, 0.5) is 5.69 Å². The van der Waals surface area contributed by atoms with E-state index < -0.39 is 0 Å². The van der Waals surface area contributed by atoms with E-state index in [0.29, 0.717) is 24.7 Å². The summed E-state index contributed by atoms with van der Waals surface area (Å²) in [6.07, 6.45) is 1.76. The summed E-state index contributed by atoms with van der Waals surface area (Å²) in [5.74, 6) is 2.90. The van der Waals surface area contributed by atoms with Crippen LogP contribution < -0.4 is 24.7 Å². The van der Waals surface area contributed by atoms with E-state index in [4.69, 9.17) is 24.7 Å². The summed E-state index contributed by atoms with van der Waals surface area (Å²) in [4.78, 5) is 0. The maximum Gasteiger partial charge on any atom is 0.161 e. The van der Waals surface area contributed by atoms with Crippen molar-refractivity contribution in [3.63, 3.8) is 0 Å². The first-order chi connectivity index (χ1) is 11.2. The minimum absolute atomic E-state index is 0.578. The first-order valence-corrected chi connectivity index (χ1v) is 7.56. The van der Waals surface area contributed by atoms with Crippen LogP contribution in [0.25, 0.3) is 0 Å². The van der Waals surface area contributed by atoms with Crippen molar-refractivity contribution in [1.82, 2.24) is 0 Å². The lowest BCUT2D eigenvalue weighted by Crippen LogP contribution is -2.04. The Balaban J connectivity index is 1.68. The van der Waals surface area contributed by atoms with Crippen molar-refractivity contribution >= 4 is 5.69 Å². The van der Waals surface area contributed by atoms with Gasteiger partial charge in [-0.25, -0.2) is 0 Å². The zero-order chi connectivity index (χ0) is 16.5. The second-order valence-corrected chi connectivity index (χ2v) is 4.96. The van der Waals surface area contributed by atoms with Crippen molar-refractivity contribution in [3.8, 4) is 23.0 Å². The second-order valence-electron chi connectivity index (χ2n) is 4.96. The molecule has 5 nitrogen and oxygen atoms in total. The minimum Gasteiger partial charge on any atom is -0.497 e. The molecule has 0 saturated heterocycles. The third-order valence-corrected chi connectivity index (χ3v) is 3.34. The van der Waals surface area contributed by atoms with E-state index in [9.17, 15) is 0 Å². The van der Waals surface area contributed by atoms with Gasteiger partial charge in [-0.1, -0.05) is 12.1 Å². The highest BCUT2D eigenvalue weighted by atomic mass is 16.5. The van der Waals surface area contributed by atoms with Crippen LogP contribution in [0.3, 0.4) is 0 Å². The van der Waals surface area contributed by atoms with Crippen LogP contribution in [0.15, 0.2) is 42.5 Å². The molecule has 0 bridgehead atoms. The Hall–Kier alpha value is -2.56. The largest absolute Gasteiger partial charge is 0.497 e. The maximum absolute atomic E-state index is 5.90. The lowest BCUT2D eigenvalue weighted by molar-refractivity contribution is 0.259. The van der Waals surface area contributed by atoms with Crippen LogP contribution in [0.5, 0.6) is 23.0 Å². The lowest BCUT2D eigenvalue weighted by atomic mass is 10.3. The van der Waals surface area contributed by atoms with E-state index in [2.05, 4.69) is 0 Å². The minimum atomic E-state index is 0.578. The van der Waals surface area contributed by atoms with E-state index >= 15 is 0 Å². The number of benzene rings is 2. The van der Waals surface area contributed by atoms with E-state index in [1.807, 2.05) is 36.4 Å². The van der Waals surface area contributed by atoms with Gasteiger partial charge in [-0.3, -0.25) is 0 Å². The molecule has 0 aliphatic rings. The first-order valence-electron chi connectivity index (χ1n) is 7.56. The zero-order valence-electron chi connectivity index (χ0n) is 13.6. The number of hydrogen-bond donors (Lipinski definition) is 1. The van der Waals surface area contributed by atoms with Gasteiger partial charge in [-0.15, -0.1) is 0 Å². The van der Waals surface area contributed by atoms with Crippen LogP contribution >= 0.6 is 0 Å². The number of nitrogen functional groups attached to an aromatic ring is 1. The third kappa shape index (κ3) is 4.98. The molecule has 2 rings (SSSR count). The Morgan fingerprint density at radius 2 is 1.43 bits per heavy atom. The van der Waals surface area contributed by atoms with Crippen molar-refractivity contribution in [2.75, 3.05) is 33.2 Å². The number of rotatable bonds is 9. The Labute approximate surface area is 136 Å². The molecule has 5 heteroatoms. The predicted molar refractivity (Wildman–Crippen MR) is 90.6 cm³/mol. The number of unbranched alkanes of at least 4 members (excludes halogenated alkanes) is 1. The quantitative estimate of drug-likeness (QED) is 0.566. The lowest BCUT2D eigenvalue weighted by Gasteiger charge is -2.11. The van der Waals surface area contributed by atoms with Gasteiger partial charge in [0.15, 0.2) is 11.5 Å². The molecule has 124 valence electrons. The molecular weight excluding hydrogens is 294 g/mol. The van der Waals surface area contributed by atoms with Gasteiger partial charge in [-0.2, -0.15) is 0 Å². The Kier molecular flexibility index (Phi) is 6.41. The standard InChI is InChI=1S/C18H23NO4/c1-20-14-9-10-16(15(19)13-14)22-11-5-6-12-23-18-8-4-3-7-17(18)21-2/h3-4,7-10,13H,5-6,11-12,19H2,1-2H3. The molecule has 0 fully saturated rings. The van der Waals surface area contributed by atoms with Gasteiger partial charge in [0.1, 0.15) is 11.5 Å². The van der Waals surface area contributed by atoms with Gasteiger partial charge in [0.25, 0.3) is 0 Å². The Morgan fingerprint density at radius 1 is 0.783 bits per heavy atom. The summed E-state index contributed by atoms with van der Waals surface area (Å²) in [6.45, 7) is 1.20. The van der Waals surface area contributed by atoms with Crippen molar-refractivity contribution in [2.45, 2.75) is 12.8 Å². The van der Waals surface area contributed by atoms with Crippen LogP contribution in [0.2, 0.25) is 0 Å². The molecule has 0 aliphatic carbocycles. The molecule has 2 aromatic carbocycles. The van der Waals surface area contributed by atoms with E-state index in [1.165, 1.54) is 0 Å². The Bertz CT molecular complexity index is 616. The van der Waals surface area contributed by atoms with E-state index in [-0.39, 0.29) is 0 Å². The van der Waals surface area contributed by atoms with E-state index in [1.54, 1.807) is 20.3 Å². The molecule has 0 heterocycles. The van der Waals surface area contributed by atoms with Crippen LogP contribution in [0, 0.1) is 0 Å². The topological polar surface area (TPSA) is 62.9 Å². The van der Waals surface area contributed by atoms with Crippen molar-refractivity contribution in [2.24, 2.45) is 0 Å². The first kappa shape index (κ1) is 16.8. The van der Waals surface area contributed by atoms with Gasteiger partial charge in [-0.05, 0) is 37.1 Å². The fourth-order valence-corrected chi connectivity index (χ4v) is 2.09. The number of ether oxygens (including phenoxy) is 4. The zero-order valence-corrected chi connectivity index (χ0v) is 13.6. The van der Waals surface area contributed by atoms with Crippen molar-refractivity contribution in [3.05, 3.63) is 42.5 Å². The van der Waals surface area contributed by atoms with Gasteiger partial charge >= 0.3 is 0 Å². The second kappa shape index (κ2) is 8.78. The number of anilines is 1. The van der Waals surface area contributed by atoms with Crippen LogP contribution in [0.1, 0.15) is 12.8 Å². The molecule has 23 heavy (non-hydrogen) atoms. The normalized spacial score (nSPS) is 10.2. The number of methoxy groups -OCH3 is 2. The molecule has 0 atom stereocenters. The smallest absolute Gasteiger partial charge is 0.161 e. The summed E-state index contributed by atoms with van der Waals surface area (Å²) in [5.41, 5.74) is 6.48.